The Labute approximate surface area is 90.3 Å². The van der Waals surface area contributed by atoms with E-state index < -0.39 is 0 Å². The lowest BCUT2D eigenvalue weighted by Gasteiger charge is -2.05. The van der Waals surface area contributed by atoms with E-state index in [-0.39, 0.29) is 0 Å². The molecule has 1 rings (SSSR count). The molecule has 0 aromatic carbocycles. The van der Waals surface area contributed by atoms with E-state index in [1.807, 2.05) is 19.2 Å². The molecular formula is C11H18N2S. The Bertz CT molecular complexity index is 287. The van der Waals surface area contributed by atoms with Crippen LogP contribution in [0.25, 0.3) is 0 Å². The van der Waals surface area contributed by atoms with Crippen molar-refractivity contribution in [2.45, 2.75) is 38.1 Å². The minimum atomic E-state index is 0.842. The quantitative estimate of drug-likeness (QED) is 0.599. The minimum absolute atomic E-state index is 0.842. The first kappa shape index (κ1) is 11.4. The number of rotatable bonds is 5. The highest BCUT2D eigenvalue weighted by atomic mass is 32.2. The van der Waals surface area contributed by atoms with Gasteiger partial charge in [0.05, 0.1) is 5.69 Å². The molecule has 2 nitrogen and oxygen atoms in total. The highest BCUT2D eigenvalue weighted by Gasteiger charge is 2.02. The zero-order valence-electron chi connectivity index (χ0n) is 8.92. The normalized spacial score (nSPS) is 10.4. The molecule has 0 saturated heterocycles. The van der Waals surface area contributed by atoms with Crippen LogP contribution in [0.3, 0.4) is 0 Å². The summed E-state index contributed by atoms with van der Waals surface area (Å²) in [5, 5.41) is 0.987. The van der Waals surface area contributed by atoms with Gasteiger partial charge >= 0.3 is 0 Å². The highest BCUT2D eigenvalue weighted by Crippen LogP contribution is 2.25. The van der Waals surface area contributed by atoms with Gasteiger partial charge in [-0.3, -0.25) is 0 Å². The van der Waals surface area contributed by atoms with Crippen molar-refractivity contribution in [3.05, 3.63) is 17.8 Å². The molecule has 1 heterocycles. The number of nitrogens with zero attached hydrogens (tertiary/aromatic N) is 1. The number of aryl methyl sites for hydroxylation is 1. The molecule has 0 aliphatic rings. The highest BCUT2D eigenvalue weighted by molar-refractivity contribution is 7.99. The fourth-order valence-electron chi connectivity index (χ4n) is 1.18. The van der Waals surface area contributed by atoms with Gasteiger partial charge in [0, 0.05) is 6.20 Å². The van der Waals surface area contributed by atoms with Gasteiger partial charge in [-0.2, -0.15) is 0 Å². The molecule has 2 N–H and O–H groups in total. The van der Waals surface area contributed by atoms with E-state index in [1.54, 1.807) is 11.8 Å². The average Bonchev–Trinajstić information content (AvgIpc) is 2.19. The lowest BCUT2D eigenvalue weighted by atomic mass is 10.3. The van der Waals surface area contributed by atoms with Crippen LogP contribution in [0.5, 0.6) is 0 Å². The Morgan fingerprint density at radius 3 is 2.93 bits per heavy atom. The Hall–Kier alpha value is -0.700. The van der Waals surface area contributed by atoms with Crippen LogP contribution in [0.15, 0.2) is 17.3 Å². The number of anilines is 1. The molecule has 0 amide bonds. The van der Waals surface area contributed by atoms with Gasteiger partial charge in [0.15, 0.2) is 0 Å². The zero-order valence-corrected chi connectivity index (χ0v) is 9.73. The third kappa shape index (κ3) is 3.22. The second-order valence-corrected chi connectivity index (χ2v) is 4.49. The van der Waals surface area contributed by atoms with Crippen LogP contribution in [-0.4, -0.2) is 10.7 Å². The summed E-state index contributed by atoms with van der Waals surface area (Å²) in [7, 11) is 0. The number of thioether (sulfide) groups is 1. The topological polar surface area (TPSA) is 38.9 Å². The maximum Gasteiger partial charge on any atom is 0.119 e. The number of nitrogen functional groups attached to an aromatic ring is 1. The number of unbranched alkanes of at least 4 members (excludes halogenated alkanes) is 2. The fraction of sp³-hybridized carbons (Fsp3) is 0.545. The Balaban J connectivity index is 2.46. The summed E-state index contributed by atoms with van der Waals surface area (Å²) in [6.07, 6.45) is 5.63. The van der Waals surface area contributed by atoms with E-state index in [2.05, 4.69) is 11.9 Å². The molecule has 3 heteroatoms. The first-order valence-corrected chi connectivity index (χ1v) is 6.08. The molecule has 78 valence electrons. The number of hydrogen-bond acceptors (Lipinski definition) is 3. The average molecular weight is 210 g/mol. The van der Waals surface area contributed by atoms with Gasteiger partial charge in [-0.1, -0.05) is 19.8 Å². The van der Waals surface area contributed by atoms with Crippen molar-refractivity contribution >= 4 is 17.4 Å². The third-order valence-electron chi connectivity index (χ3n) is 2.16. The van der Waals surface area contributed by atoms with Crippen LogP contribution in [0.4, 0.5) is 5.69 Å². The molecule has 0 radical (unpaired) electrons. The second kappa shape index (κ2) is 5.91. The summed E-state index contributed by atoms with van der Waals surface area (Å²) in [4.78, 5) is 4.27. The van der Waals surface area contributed by atoms with Gasteiger partial charge in [-0.15, -0.1) is 11.8 Å². The molecule has 0 aliphatic heterocycles. The van der Waals surface area contributed by atoms with Gasteiger partial charge in [-0.25, -0.2) is 4.98 Å². The van der Waals surface area contributed by atoms with Gasteiger partial charge < -0.3 is 5.73 Å². The molecule has 0 atom stereocenters. The molecular weight excluding hydrogens is 192 g/mol. The van der Waals surface area contributed by atoms with Crippen LogP contribution in [-0.2, 0) is 0 Å². The summed E-state index contributed by atoms with van der Waals surface area (Å²) >= 11 is 1.77. The Morgan fingerprint density at radius 2 is 2.21 bits per heavy atom. The number of aromatic nitrogens is 1. The van der Waals surface area contributed by atoms with Crippen LogP contribution in [0.2, 0.25) is 0 Å². The zero-order chi connectivity index (χ0) is 10.4. The van der Waals surface area contributed by atoms with Crippen LogP contribution >= 0.6 is 11.8 Å². The van der Waals surface area contributed by atoms with E-state index >= 15 is 0 Å². The van der Waals surface area contributed by atoms with E-state index in [1.165, 1.54) is 19.3 Å². The number of hydrogen-bond donors (Lipinski definition) is 1. The standard InChI is InChI=1S/C11H18N2S/c1-3-4-5-8-14-11-10(12)9(2)6-7-13-11/h6-7H,3-5,8,12H2,1-2H3. The lowest BCUT2D eigenvalue weighted by Crippen LogP contribution is -1.95. The summed E-state index contributed by atoms with van der Waals surface area (Å²) in [5.74, 6) is 1.12. The number of pyridine rings is 1. The predicted octanol–water partition coefficient (Wildman–Crippen LogP) is 3.25. The molecule has 1 aromatic rings. The van der Waals surface area contributed by atoms with Crippen molar-refractivity contribution in [1.29, 1.82) is 0 Å². The van der Waals surface area contributed by atoms with Crippen molar-refractivity contribution in [1.82, 2.24) is 4.98 Å². The minimum Gasteiger partial charge on any atom is -0.396 e. The third-order valence-corrected chi connectivity index (χ3v) is 3.25. The maximum absolute atomic E-state index is 5.91. The van der Waals surface area contributed by atoms with E-state index in [0.717, 1.165) is 22.0 Å². The van der Waals surface area contributed by atoms with Gasteiger partial charge in [0.25, 0.3) is 0 Å². The maximum atomic E-state index is 5.91. The van der Waals surface area contributed by atoms with Crippen molar-refractivity contribution in [2.24, 2.45) is 0 Å². The summed E-state index contributed by atoms with van der Waals surface area (Å²) in [6.45, 7) is 4.23. The Kier molecular flexibility index (Phi) is 4.80. The van der Waals surface area contributed by atoms with Crippen LogP contribution < -0.4 is 5.73 Å². The molecule has 0 bridgehead atoms. The van der Waals surface area contributed by atoms with E-state index in [0.29, 0.717) is 0 Å². The Morgan fingerprint density at radius 1 is 1.43 bits per heavy atom. The largest absolute Gasteiger partial charge is 0.396 e. The van der Waals surface area contributed by atoms with Crippen molar-refractivity contribution < 1.29 is 0 Å². The van der Waals surface area contributed by atoms with Gasteiger partial charge in [0.1, 0.15) is 5.03 Å². The fourth-order valence-corrected chi connectivity index (χ4v) is 2.17. The second-order valence-electron chi connectivity index (χ2n) is 3.40. The van der Waals surface area contributed by atoms with Crippen molar-refractivity contribution in [3.63, 3.8) is 0 Å². The molecule has 0 spiro atoms. The molecule has 0 saturated carbocycles. The first-order chi connectivity index (χ1) is 6.75. The molecule has 0 aliphatic carbocycles. The molecule has 0 unspecified atom stereocenters. The van der Waals surface area contributed by atoms with Gasteiger partial charge in [-0.05, 0) is 30.7 Å². The first-order valence-electron chi connectivity index (χ1n) is 5.09. The molecule has 1 aromatic heterocycles. The summed E-state index contributed by atoms with van der Waals surface area (Å²) < 4.78 is 0. The smallest absolute Gasteiger partial charge is 0.119 e. The molecule has 0 fully saturated rings. The SMILES string of the molecule is CCCCCSc1nccc(C)c1N. The lowest BCUT2D eigenvalue weighted by molar-refractivity contribution is 0.778. The van der Waals surface area contributed by atoms with Gasteiger partial charge in [0.2, 0.25) is 0 Å². The number of nitrogens with two attached hydrogens (primary N) is 1. The predicted molar refractivity (Wildman–Crippen MR) is 63.6 cm³/mol. The van der Waals surface area contributed by atoms with E-state index in [9.17, 15) is 0 Å². The monoisotopic (exact) mass is 210 g/mol. The van der Waals surface area contributed by atoms with E-state index in [4.69, 9.17) is 5.73 Å². The van der Waals surface area contributed by atoms with Crippen molar-refractivity contribution in [2.75, 3.05) is 11.5 Å². The molecule has 14 heavy (non-hydrogen) atoms. The summed E-state index contributed by atoms with van der Waals surface area (Å²) in [6, 6.07) is 1.95. The van der Waals surface area contributed by atoms with Crippen molar-refractivity contribution in [3.8, 4) is 0 Å². The summed E-state index contributed by atoms with van der Waals surface area (Å²) in [5.41, 5.74) is 7.88. The van der Waals surface area contributed by atoms with Crippen LogP contribution in [0.1, 0.15) is 31.7 Å². The van der Waals surface area contributed by atoms with Crippen LogP contribution in [0, 0.1) is 6.92 Å².